The number of aromatic nitrogens is 3. The number of ether oxygens (including phenoxy) is 1. The molecular weight excluding hydrogens is 522 g/mol. The molecule has 2 amide bonds. The average molecular weight is 562 g/mol. The van der Waals surface area contributed by atoms with E-state index in [1.54, 1.807) is 38.2 Å². The predicted octanol–water partition coefficient (Wildman–Crippen LogP) is 3.02. The molecule has 3 N–H and O–H groups in total. The van der Waals surface area contributed by atoms with Crippen LogP contribution in [-0.2, 0) is 20.8 Å². The fourth-order valence-corrected chi connectivity index (χ4v) is 5.00. The highest BCUT2D eigenvalue weighted by molar-refractivity contribution is 5.97. The number of benzene rings is 1. The van der Waals surface area contributed by atoms with Crippen molar-refractivity contribution in [3.8, 4) is 5.75 Å². The fraction of sp³-hybridized carbons (Fsp3) is 0.467. The standard InChI is InChI=1S/C30H39N7O4/c1-18(31-5)28(39)36-26(30(2,3)4)29(40)37-13-9-10-22(37)23(38)15-19-14-20-21(16-24(19)41-6)33-17-34-27(20)35-25-11-7-8-12-32-25/h7-8,11-12,14,16-18,22,26,31H,9-10,13,15H2,1-6H3,(H,36,39)(H,32,33,34,35)/t18-,22-,26+/m0/s1. The Balaban J connectivity index is 1.59. The van der Waals surface area contributed by atoms with E-state index in [2.05, 4.69) is 30.9 Å². The van der Waals surface area contributed by atoms with Crippen LogP contribution >= 0.6 is 0 Å². The van der Waals surface area contributed by atoms with Crippen LogP contribution in [0.15, 0.2) is 42.9 Å². The van der Waals surface area contributed by atoms with Gasteiger partial charge in [0.2, 0.25) is 11.8 Å². The molecule has 0 unspecified atom stereocenters. The summed E-state index contributed by atoms with van der Waals surface area (Å²) in [7, 11) is 3.25. The van der Waals surface area contributed by atoms with Gasteiger partial charge in [-0.1, -0.05) is 26.8 Å². The third kappa shape index (κ3) is 6.79. The summed E-state index contributed by atoms with van der Waals surface area (Å²) in [5, 5.41) is 9.75. The molecule has 4 rings (SSSR count). The van der Waals surface area contributed by atoms with E-state index in [1.807, 2.05) is 45.0 Å². The Kier molecular flexibility index (Phi) is 9.17. The first-order valence-corrected chi connectivity index (χ1v) is 13.8. The number of carbonyl (C=O) groups is 3. The van der Waals surface area contributed by atoms with Crippen molar-refractivity contribution in [2.75, 3.05) is 26.0 Å². The second-order valence-corrected chi connectivity index (χ2v) is 11.4. The van der Waals surface area contributed by atoms with Gasteiger partial charge in [0.05, 0.1) is 24.7 Å². The summed E-state index contributed by atoms with van der Waals surface area (Å²) in [6.07, 6.45) is 4.48. The van der Waals surface area contributed by atoms with Crippen molar-refractivity contribution in [3.63, 3.8) is 0 Å². The molecule has 1 aromatic carbocycles. The normalized spacial score (nSPS) is 16.7. The lowest BCUT2D eigenvalue weighted by Crippen LogP contribution is -2.58. The van der Waals surface area contributed by atoms with Gasteiger partial charge in [0.15, 0.2) is 5.78 Å². The third-order valence-corrected chi connectivity index (χ3v) is 7.45. The monoisotopic (exact) mass is 561 g/mol. The number of carbonyl (C=O) groups excluding carboxylic acids is 3. The fourth-order valence-electron chi connectivity index (χ4n) is 5.00. The first kappa shape index (κ1) is 29.9. The maximum Gasteiger partial charge on any atom is 0.246 e. The van der Waals surface area contributed by atoms with E-state index in [-0.39, 0.29) is 24.0 Å². The van der Waals surface area contributed by atoms with Gasteiger partial charge in [-0.3, -0.25) is 14.4 Å². The average Bonchev–Trinajstić information content (AvgIpc) is 3.45. The number of pyridine rings is 1. The maximum atomic E-state index is 13.8. The van der Waals surface area contributed by atoms with E-state index in [4.69, 9.17) is 4.74 Å². The third-order valence-electron chi connectivity index (χ3n) is 7.45. The van der Waals surface area contributed by atoms with Crippen molar-refractivity contribution in [2.45, 2.75) is 65.1 Å². The Morgan fingerprint density at radius 2 is 1.93 bits per heavy atom. The molecule has 0 radical (unpaired) electrons. The Bertz CT molecular complexity index is 1410. The van der Waals surface area contributed by atoms with Gasteiger partial charge in [-0.25, -0.2) is 15.0 Å². The molecule has 11 nitrogen and oxygen atoms in total. The minimum atomic E-state index is -0.771. The van der Waals surface area contributed by atoms with Crippen LogP contribution in [0.1, 0.15) is 46.1 Å². The molecule has 1 saturated heterocycles. The molecule has 0 aliphatic carbocycles. The molecule has 2 aromatic heterocycles. The van der Waals surface area contributed by atoms with Crippen LogP contribution in [0, 0.1) is 5.41 Å². The molecule has 1 aliphatic rings. The van der Waals surface area contributed by atoms with Crippen LogP contribution in [0.4, 0.5) is 11.6 Å². The molecule has 0 bridgehead atoms. The molecule has 0 spiro atoms. The number of nitrogens with one attached hydrogen (secondary N) is 3. The topological polar surface area (TPSA) is 138 Å². The molecule has 0 saturated carbocycles. The lowest BCUT2D eigenvalue weighted by atomic mass is 9.85. The number of likely N-dealkylation sites (tertiary alicyclic amines) is 1. The number of amides is 2. The Morgan fingerprint density at radius 1 is 1.15 bits per heavy atom. The highest BCUT2D eigenvalue weighted by Crippen LogP contribution is 2.32. The maximum absolute atomic E-state index is 13.8. The van der Waals surface area contributed by atoms with Crippen LogP contribution in [0.5, 0.6) is 5.75 Å². The van der Waals surface area contributed by atoms with E-state index in [0.29, 0.717) is 47.9 Å². The number of hydrogen-bond acceptors (Lipinski definition) is 9. The Labute approximate surface area is 240 Å². The molecule has 1 aliphatic heterocycles. The van der Waals surface area contributed by atoms with Crippen molar-refractivity contribution in [3.05, 3.63) is 48.4 Å². The number of nitrogens with zero attached hydrogens (tertiary/aromatic N) is 4. The summed E-state index contributed by atoms with van der Waals surface area (Å²) < 4.78 is 5.63. The molecule has 1 fully saturated rings. The molecular formula is C30H39N7O4. The number of methoxy groups -OCH3 is 1. The number of likely N-dealkylation sites (N-methyl/N-ethyl adjacent to an activating group) is 1. The summed E-state index contributed by atoms with van der Waals surface area (Å²) in [4.78, 5) is 55.0. The van der Waals surface area contributed by atoms with E-state index in [0.717, 1.165) is 5.39 Å². The van der Waals surface area contributed by atoms with Gasteiger partial charge in [-0.05, 0) is 50.4 Å². The number of rotatable bonds is 10. The molecule has 11 heteroatoms. The van der Waals surface area contributed by atoms with E-state index < -0.39 is 23.5 Å². The van der Waals surface area contributed by atoms with Crippen LogP contribution in [-0.4, -0.2) is 76.3 Å². The zero-order valence-electron chi connectivity index (χ0n) is 24.5. The second-order valence-electron chi connectivity index (χ2n) is 11.4. The highest BCUT2D eigenvalue weighted by Gasteiger charge is 2.42. The van der Waals surface area contributed by atoms with Crippen molar-refractivity contribution in [1.29, 1.82) is 0 Å². The van der Waals surface area contributed by atoms with Crippen LogP contribution < -0.4 is 20.7 Å². The minimum Gasteiger partial charge on any atom is -0.496 e. The van der Waals surface area contributed by atoms with Crippen molar-refractivity contribution in [2.24, 2.45) is 5.41 Å². The Morgan fingerprint density at radius 3 is 2.59 bits per heavy atom. The number of fused-ring (bicyclic) bond motifs is 1. The van der Waals surface area contributed by atoms with Crippen LogP contribution in [0.2, 0.25) is 0 Å². The largest absolute Gasteiger partial charge is 0.496 e. The predicted molar refractivity (Wildman–Crippen MR) is 157 cm³/mol. The summed E-state index contributed by atoms with van der Waals surface area (Å²) in [6, 6.07) is 7.36. The molecule has 3 heterocycles. The summed E-state index contributed by atoms with van der Waals surface area (Å²) in [6.45, 7) is 7.92. The lowest BCUT2D eigenvalue weighted by Gasteiger charge is -2.36. The van der Waals surface area contributed by atoms with Gasteiger partial charge >= 0.3 is 0 Å². The zero-order valence-corrected chi connectivity index (χ0v) is 24.5. The van der Waals surface area contributed by atoms with Gasteiger partial charge in [-0.2, -0.15) is 0 Å². The van der Waals surface area contributed by atoms with Crippen LogP contribution in [0.25, 0.3) is 10.9 Å². The van der Waals surface area contributed by atoms with Crippen molar-refractivity contribution < 1.29 is 19.1 Å². The van der Waals surface area contributed by atoms with Crippen LogP contribution in [0.3, 0.4) is 0 Å². The molecule has 41 heavy (non-hydrogen) atoms. The van der Waals surface area contributed by atoms with Gasteiger partial charge < -0.3 is 25.6 Å². The van der Waals surface area contributed by atoms with Crippen molar-refractivity contribution in [1.82, 2.24) is 30.5 Å². The second kappa shape index (κ2) is 12.6. The van der Waals surface area contributed by atoms with Gasteiger partial charge in [0, 0.05) is 36.2 Å². The van der Waals surface area contributed by atoms with E-state index in [9.17, 15) is 14.4 Å². The molecule has 3 atom stereocenters. The van der Waals surface area contributed by atoms with Gasteiger partial charge in [0.1, 0.15) is 29.8 Å². The zero-order chi connectivity index (χ0) is 29.7. The summed E-state index contributed by atoms with van der Waals surface area (Å²) >= 11 is 0. The Hall–Kier alpha value is -4.12. The quantitative estimate of drug-likeness (QED) is 0.341. The number of ketones is 1. The summed E-state index contributed by atoms with van der Waals surface area (Å²) in [5.74, 6) is 1.12. The lowest BCUT2D eigenvalue weighted by molar-refractivity contribution is -0.143. The smallest absolute Gasteiger partial charge is 0.246 e. The van der Waals surface area contributed by atoms with Gasteiger partial charge in [0.25, 0.3) is 0 Å². The van der Waals surface area contributed by atoms with E-state index in [1.165, 1.54) is 6.33 Å². The number of anilines is 2. The van der Waals surface area contributed by atoms with Crippen molar-refractivity contribution >= 4 is 40.1 Å². The molecule has 3 aromatic rings. The summed E-state index contributed by atoms with van der Waals surface area (Å²) in [5.41, 5.74) is 0.782. The first-order chi connectivity index (χ1) is 19.5. The molecule has 218 valence electrons. The first-order valence-electron chi connectivity index (χ1n) is 13.8. The minimum absolute atomic E-state index is 0.0643. The highest BCUT2D eigenvalue weighted by atomic mass is 16.5. The number of hydrogen-bond donors (Lipinski definition) is 3. The SMILES string of the molecule is CN[C@@H](C)C(=O)N[C@H](C(=O)N1CCC[C@H]1C(=O)Cc1cc2c(Nc3ccccn3)ncnc2cc1OC)C(C)(C)C. The number of Topliss-reactive ketones (excluding diaryl/α,β-unsaturated/α-hetero) is 1. The van der Waals surface area contributed by atoms with Gasteiger partial charge in [-0.15, -0.1) is 0 Å². The van der Waals surface area contributed by atoms with E-state index >= 15 is 0 Å².